The molecule has 0 amide bonds. The van der Waals surface area contributed by atoms with Crippen molar-refractivity contribution in [3.8, 4) is 5.75 Å². The fourth-order valence-electron chi connectivity index (χ4n) is 1.84. The third-order valence-corrected chi connectivity index (χ3v) is 4.46. The van der Waals surface area contributed by atoms with Gasteiger partial charge in [0.05, 0.1) is 12.0 Å². The molecule has 0 aliphatic carbocycles. The summed E-state index contributed by atoms with van der Waals surface area (Å²) in [4.78, 5) is 0.249. The molecule has 1 aromatic carbocycles. The molecule has 2 N–H and O–H groups in total. The predicted molar refractivity (Wildman–Crippen MR) is 85.0 cm³/mol. The van der Waals surface area contributed by atoms with Crippen molar-refractivity contribution in [2.45, 2.75) is 57.6 Å². The van der Waals surface area contributed by atoms with Gasteiger partial charge in [-0.1, -0.05) is 13.8 Å². The van der Waals surface area contributed by atoms with Crippen molar-refractivity contribution < 1.29 is 13.2 Å². The van der Waals surface area contributed by atoms with Gasteiger partial charge in [0.2, 0.25) is 10.0 Å². The van der Waals surface area contributed by atoms with Gasteiger partial charge >= 0.3 is 0 Å². The molecule has 0 aliphatic heterocycles. The van der Waals surface area contributed by atoms with Crippen LogP contribution in [0.5, 0.6) is 5.75 Å². The molecule has 0 bridgehead atoms. The molecule has 21 heavy (non-hydrogen) atoms. The van der Waals surface area contributed by atoms with Crippen LogP contribution in [0, 0.1) is 0 Å². The van der Waals surface area contributed by atoms with Crippen LogP contribution in [0.2, 0.25) is 0 Å². The lowest BCUT2D eigenvalue weighted by Crippen LogP contribution is -2.40. The molecule has 0 saturated heterocycles. The molecule has 0 aromatic heterocycles. The quantitative estimate of drug-likeness (QED) is 0.845. The summed E-state index contributed by atoms with van der Waals surface area (Å²) in [5.74, 6) is 0.679. The van der Waals surface area contributed by atoms with Crippen molar-refractivity contribution in [3.63, 3.8) is 0 Å². The minimum absolute atomic E-state index is 0.249. The van der Waals surface area contributed by atoms with Gasteiger partial charge in [0, 0.05) is 23.7 Å². The lowest BCUT2D eigenvalue weighted by Gasteiger charge is -2.21. The van der Waals surface area contributed by atoms with Gasteiger partial charge in [-0.15, -0.1) is 0 Å². The molecule has 6 heteroatoms. The number of hydrogen-bond acceptors (Lipinski definition) is 4. The van der Waals surface area contributed by atoms with Crippen LogP contribution in [0.4, 0.5) is 0 Å². The van der Waals surface area contributed by atoms with Crippen LogP contribution in [0.25, 0.3) is 0 Å². The van der Waals surface area contributed by atoms with Gasteiger partial charge in [0.15, 0.2) is 0 Å². The number of rotatable bonds is 6. The van der Waals surface area contributed by atoms with Crippen LogP contribution in [0.1, 0.15) is 40.2 Å². The predicted octanol–water partition coefficient (Wildman–Crippen LogP) is 2.27. The van der Waals surface area contributed by atoms with Gasteiger partial charge in [-0.3, -0.25) is 0 Å². The Hall–Kier alpha value is -1.11. The first-order chi connectivity index (χ1) is 9.55. The Balaban J connectivity index is 3.12. The summed E-state index contributed by atoms with van der Waals surface area (Å²) in [6.07, 6.45) is 0. The highest BCUT2D eigenvalue weighted by molar-refractivity contribution is 7.89. The van der Waals surface area contributed by atoms with Gasteiger partial charge in [-0.25, -0.2) is 13.1 Å². The Morgan fingerprint density at radius 1 is 1.24 bits per heavy atom. The maximum absolute atomic E-state index is 12.4. The Morgan fingerprint density at radius 2 is 1.86 bits per heavy atom. The fourth-order valence-corrected chi connectivity index (χ4v) is 3.30. The number of hydrogen-bond donors (Lipinski definition) is 2. The highest BCUT2D eigenvalue weighted by atomic mass is 32.2. The van der Waals surface area contributed by atoms with E-state index in [0.29, 0.717) is 18.3 Å². The molecular weight excluding hydrogens is 288 g/mol. The Labute approximate surface area is 128 Å². The summed E-state index contributed by atoms with van der Waals surface area (Å²) >= 11 is 0. The van der Waals surface area contributed by atoms with E-state index in [1.165, 1.54) is 0 Å². The molecular formula is C15H26N2O3S. The average molecular weight is 314 g/mol. The number of ether oxygens (including phenoxy) is 1. The molecule has 0 spiro atoms. The average Bonchev–Trinajstić information content (AvgIpc) is 2.33. The van der Waals surface area contributed by atoms with Crippen LogP contribution in [0.3, 0.4) is 0 Å². The second-order valence-electron chi connectivity index (χ2n) is 6.36. The monoisotopic (exact) mass is 314 g/mol. The molecule has 0 unspecified atom stereocenters. The summed E-state index contributed by atoms with van der Waals surface area (Å²) in [5.41, 5.74) is 0.303. The fraction of sp³-hybridized carbons (Fsp3) is 0.600. The molecule has 5 nitrogen and oxygen atoms in total. The first kappa shape index (κ1) is 17.9. The molecule has 0 atom stereocenters. The third kappa shape index (κ3) is 5.65. The number of sulfonamides is 1. The molecule has 1 rings (SSSR count). The summed E-state index contributed by atoms with van der Waals surface area (Å²) in [6.45, 7) is 10.1. The van der Waals surface area contributed by atoms with Crippen molar-refractivity contribution >= 4 is 10.0 Å². The molecule has 0 heterocycles. The van der Waals surface area contributed by atoms with E-state index >= 15 is 0 Å². The Kier molecular flexibility index (Phi) is 5.78. The zero-order chi connectivity index (χ0) is 16.3. The summed E-state index contributed by atoms with van der Waals surface area (Å²) in [7, 11) is -1.96. The number of nitrogens with one attached hydrogen (secondary N) is 2. The Morgan fingerprint density at radius 3 is 2.33 bits per heavy atom. The zero-order valence-corrected chi connectivity index (χ0v) is 14.5. The van der Waals surface area contributed by atoms with Crippen LogP contribution in [-0.2, 0) is 16.6 Å². The lowest BCUT2D eigenvalue weighted by molar-refractivity contribution is 0.406. The van der Waals surface area contributed by atoms with Gasteiger partial charge in [-0.2, -0.15) is 0 Å². The van der Waals surface area contributed by atoms with Crippen LogP contribution in [0.15, 0.2) is 23.1 Å². The SMILES string of the molecule is COc1ccc(S(=O)(=O)NC(C)(C)C)cc1CNC(C)C. The first-order valence-corrected chi connectivity index (χ1v) is 8.48. The molecule has 120 valence electrons. The van der Waals surface area contributed by atoms with E-state index in [0.717, 1.165) is 5.56 Å². The van der Waals surface area contributed by atoms with E-state index in [9.17, 15) is 8.42 Å². The summed E-state index contributed by atoms with van der Waals surface area (Å²) < 4.78 is 32.7. The zero-order valence-electron chi connectivity index (χ0n) is 13.6. The van der Waals surface area contributed by atoms with Crippen molar-refractivity contribution in [1.29, 1.82) is 0 Å². The van der Waals surface area contributed by atoms with E-state index in [-0.39, 0.29) is 4.90 Å². The second-order valence-corrected chi connectivity index (χ2v) is 8.05. The molecule has 1 aromatic rings. The molecule has 0 aliphatic rings. The standard InChI is InChI=1S/C15H26N2O3S/c1-11(2)16-10-12-9-13(7-8-14(12)20-6)21(18,19)17-15(3,4)5/h7-9,11,16-17H,10H2,1-6H3. The van der Waals surface area contributed by atoms with Crippen molar-refractivity contribution in [2.24, 2.45) is 0 Å². The van der Waals surface area contributed by atoms with E-state index < -0.39 is 15.6 Å². The van der Waals surface area contributed by atoms with Crippen molar-refractivity contribution in [2.75, 3.05) is 7.11 Å². The molecule has 0 saturated carbocycles. The minimum atomic E-state index is -3.54. The smallest absolute Gasteiger partial charge is 0.241 e. The highest BCUT2D eigenvalue weighted by Gasteiger charge is 2.22. The largest absolute Gasteiger partial charge is 0.496 e. The maximum Gasteiger partial charge on any atom is 0.241 e. The molecule has 0 radical (unpaired) electrons. The van der Waals surface area contributed by atoms with Gasteiger partial charge < -0.3 is 10.1 Å². The van der Waals surface area contributed by atoms with Crippen LogP contribution in [-0.4, -0.2) is 27.1 Å². The first-order valence-electron chi connectivity index (χ1n) is 6.99. The number of benzene rings is 1. The van der Waals surface area contributed by atoms with E-state index in [1.54, 1.807) is 25.3 Å². The van der Waals surface area contributed by atoms with E-state index in [1.807, 2.05) is 34.6 Å². The molecule has 0 fully saturated rings. The minimum Gasteiger partial charge on any atom is -0.496 e. The Bertz CT molecular complexity index is 575. The normalized spacial score (nSPS) is 12.7. The maximum atomic E-state index is 12.4. The third-order valence-electron chi connectivity index (χ3n) is 2.70. The number of methoxy groups -OCH3 is 1. The second kappa shape index (κ2) is 6.77. The van der Waals surface area contributed by atoms with Crippen molar-refractivity contribution in [3.05, 3.63) is 23.8 Å². The van der Waals surface area contributed by atoms with Crippen molar-refractivity contribution in [1.82, 2.24) is 10.0 Å². The van der Waals surface area contributed by atoms with Crippen LogP contribution < -0.4 is 14.8 Å². The highest BCUT2D eigenvalue weighted by Crippen LogP contribution is 2.23. The van der Waals surface area contributed by atoms with Crippen LogP contribution >= 0.6 is 0 Å². The van der Waals surface area contributed by atoms with Gasteiger partial charge in [0.25, 0.3) is 0 Å². The van der Waals surface area contributed by atoms with E-state index in [4.69, 9.17) is 4.74 Å². The topological polar surface area (TPSA) is 67.4 Å². The lowest BCUT2D eigenvalue weighted by atomic mass is 10.1. The summed E-state index contributed by atoms with van der Waals surface area (Å²) in [5, 5.41) is 3.27. The summed E-state index contributed by atoms with van der Waals surface area (Å²) in [6, 6.07) is 5.21. The van der Waals surface area contributed by atoms with Gasteiger partial charge in [-0.05, 0) is 39.0 Å². The van der Waals surface area contributed by atoms with E-state index in [2.05, 4.69) is 10.0 Å². The van der Waals surface area contributed by atoms with Gasteiger partial charge in [0.1, 0.15) is 5.75 Å².